The van der Waals surface area contributed by atoms with Crippen LogP contribution in [0.15, 0.2) is 42.5 Å². The van der Waals surface area contributed by atoms with E-state index in [0.717, 1.165) is 48.2 Å². The highest BCUT2D eigenvalue weighted by molar-refractivity contribution is 5.93. The van der Waals surface area contributed by atoms with Crippen LogP contribution in [0.1, 0.15) is 57.6 Å². The van der Waals surface area contributed by atoms with Gasteiger partial charge in [-0.2, -0.15) is 0 Å². The summed E-state index contributed by atoms with van der Waals surface area (Å²) in [6, 6.07) is 11.8. The first-order chi connectivity index (χ1) is 16.0. The van der Waals surface area contributed by atoms with Crippen molar-refractivity contribution in [3.05, 3.63) is 59.4 Å². The third kappa shape index (κ3) is 7.20. The predicted octanol–water partition coefficient (Wildman–Crippen LogP) is 5.53. The van der Waals surface area contributed by atoms with Gasteiger partial charge in [0.05, 0.1) is 0 Å². The van der Waals surface area contributed by atoms with Gasteiger partial charge in [-0.1, -0.05) is 25.0 Å². The van der Waals surface area contributed by atoms with Crippen molar-refractivity contribution in [1.82, 2.24) is 10.2 Å². The van der Waals surface area contributed by atoms with Crippen LogP contribution in [-0.2, 0) is 17.9 Å². The van der Waals surface area contributed by atoms with Gasteiger partial charge in [-0.15, -0.1) is 0 Å². The monoisotopic (exact) mass is 468 g/mol. The lowest BCUT2D eigenvalue weighted by Gasteiger charge is -2.30. The number of hydrogen-bond donors (Lipinski definition) is 2. The molecule has 0 spiro atoms. The van der Waals surface area contributed by atoms with Gasteiger partial charge in [0.15, 0.2) is 0 Å². The van der Waals surface area contributed by atoms with Gasteiger partial charge < -0.3 is 20.4 Å². The molecular weight excluding hydrogens is 431 g/mol. The predicted molar refractivity (Wildman–Crippen MR) is 135 cm³/mol. The van der Waals surface area contributed by atoms with Crippen molar-refractivity contribution < 1.29 is 14.0 Å². The SMILES string of the molecule is CN(C)c1ccc(NC(=O)C2CCCC2)cc1CN(Cc1ccc(F)cc1)C(=O)NC(C)(C)C. The molecule has 0 bridgehead atoms. The van der Waals surface area contributed by atoms with E-state index in [1.165, 1.54) is 12.1 Å². The Morgan fingerprint density at radius 2 is 1.65 bits per heavy atom. The Bertz CT molecular complexity index is 993. The van der Waals surface area contributed by atoms with Crippen LogP contribution in [0.25, 0.3) is 0 Å². The number of benzene rings is 2. The zero-order valence-electron chi connectivity index (χ0n) is 21.0. The molecular formula is C27H37FN4O2. The summed E-state index contributed by atoms with van der Waals surface area (Å²) >= 11 is 0. The number of nitrogens with zero attached hydrogens (tertiary/aromatic N) is 2. The van der Waals surface area contributed by atoms with E-state index < -0.39 is 5.54 Å². The summed E-state index contributed by atoms with van der Waals surface area (Å²) in [6.45, 7) is 6.47. The molecule has 3 amide bonds. The lowest BCUT2D eigenvalue weighted by Crippen LogP contribution is -2.48. The maximum absolute atomic E-state index is 13.4. The minimum Gasteiger partial charge on any atom is -0.377 e. The molecule has 6 nitrogen and oxygen atoms in total. The fraction of sp³-hybridized carbons (Fsp3) is 0.481. The molecule has 0 saturated heterocycles. The fourth-order valence-corrected chi connectivity index (χ4v) is 4.27. The van der Waals surface area contributed by atoms with Crippen LogP contribution in [0.5, 0.6) is 0 Å². The number of nitrogens with one attached hydrogen (secondary N) is 2. The number of anilines is 2. The quantitative estimate of drug-likeness (QED) is 0.562. The molecule has 1 fully saturated rings. The fourth-order valence-electron chi connectivity index (χ4n) is 4.27. The number of urea groups is 1. The number of halogens is 1. The first-order valence-corrected chi connectivity index (χ1v) is 11.9. The molecule has 0 aliphatic heterocycles. The molecule has 7 heteroatoms. The number of amides is 3. The van der Waals surface area contributed by atoms with Crippen molar-refractivity contribution >= 4 is 23.3 Å². The zero-order valence-corrected chi connectivity index (χ0v) is 21.0. The van der Waals surface area contributed by atoms with Crippen molar-refractivity contribution in [2.24, 2.45) is 5.92 Å². The minimum atomic E-state index is -0.403. The molecule has 2 aromatic carbocycles. The lowest BCUT2D eigenvalue weighted by atomic mass is 10.1. The second kappa shape index (κ2) is 10.9. The third-order valence-electron chi connectivity index (χ3n) is 5.97. The summed E-state index contributed by atoms with van der Waals surface area (Å²) in [5.74, 6) is -0.172. The van der Waals surface area contributed by atoms with Gasteiger partial charge in [-0.25, -0.2) is 9.18 Å². The van der Waals surface area contributed by atoms with Crippen molar-refractivity contribution in [3.63, 3.8) is 0 Å². The molecule has 0 radical (unpaired) electrons. The summed E-state index contributed by atoms with van der Waals surface area (Å²) in [5, 5.41) is 6.10. The molecule has 0 aromatic heterocycles. The molecule has 1 aliphatic rings. The van der Waals surface area contributed by atoms with Crippen LogP contribution in [0.4, 0.5) is 20.6 Å². The van der Waals surface area contributed by atoms with Gasteiger partial charge in [0.1, 0.15) is 5.82 Å². The van der Waals surface area contributed by atoms with Gasteiger partial charge >= 0.3 is 6.03 Å². The smallest absolute Gasteiger partial charge is 0.318 e. The molecule has 3 rings (SSSR count). The standard InChI is InChI=1S/C27H37FN4O2/c1-27(2,3)30-26(34)32(17-19-10-12-22(28)13-11-19)18-21-16-23(14-15-24(21)31(4)5)29-25(33)20-8-6-7-9-20/h10-16,20H,6-9,17-18H2,1-5H3,(H,29,33)(H,30,34). The van der Waals surface area contributed by atoms with E-state index in [2.05, 4.69) is 10.6 Å². The first kappa shape index (κ1) is 25.5. The Balaban J connectivity index is 1.87. The molecule has 34 heavy (non-hydrogen) atoms. The van der Waals surface area contributed by atoms with Crippen molar-refractivity contribution in [3.8, 4) is 0 Å². The van der Waals surface area contributed by atoms with Crippen LogP contribution in [0, 0.1) is 11.7 Å². The molecule has 184 valence electrons. The van der Waals surface area contributed by atoms with Gasteiger partial charge in [-0.05, 0) is 75.1 Å². The number of carbonyl (C=O) groups is 2. The summed E-state index contributed by atoms with van der Waals surface area (Å²) in [6.07, 6.45) is 4.08. The topological polar surface area (TPSA) is 64.7 Å². The van der Waals surface area contributed by atoms with Crippen LogP contribution < -0.4 is 15.5 Å². The minimum absolute atomic E-state index is 0.0645. The Labute approximate surface area is 202 Å². The highest BCUT2D eigenvalue weighted by Gasteiger charge is 2.24. The van der Waals surface area contributed by atoms with Gasteiger partial charge in [0, 0.05) is 50.0 Å². The zero-order chi connectivity index (χ0) is 24.9. The molecule has 0 heterocycles. The van der Waals surface area contributed by atoms with E-state index in [-0.39, 0.29) is 23.7 Å². The number of carbonyl (C=O) groups excluding carboxylic acids is 2. The van der Waals surface area contributed by atoms with E-state index in [1.54, 1.807) is 17.0 Å². The van der Waals surface area contributed by atoms with Crippen LogP contribution in [-0.4, -0.2) is 36.5 Å². The van der Waals surface area contributed by atoms with Gasteiger partial charge in [-0.3, -0.25) is 4.79 Å². The average Bonchev–Trinajstić information content (AvgIpc) is 3.29. The van der Waals surface area contributed by atoms with Crippen LogP contribution in [0.3, 0.4) is 0 Å². The largest absolute Gasteiger partial charge is 0.377 e. The second-order valence-corrected chi connectivity index (χ2v) is 10.4. The normalized spacial score (nSPS) is 14.1. The summed E-state index contributed by atoms with van der Waals surface area (Å²) < 4.78 is 13.4. The Morgan fingerprint density at radius 3 is 2.24 bits per heavy atom. The molecule has 2 N–H and O–H groups in total. The molecule has 0 unspecified atom stereocenters. The Kier molecular flexibility index (Phi) is 8.18. The van der Waals surface area contributed by atoms with Crippen LogP contribution in [0.2, 0.25) is 0 Å². The first-order valence-electron chi connectivity index (χ1n) is 11.9. The van der Waals surface area contributed by atoms with Gasteiger partial charge in [0.2, 0.25) is 5.91 Å². The number of hydrogen-bond acceptors (Lipinski definition) is 3. The lowest BCUT2D eigenvalue weighted by molar-refractivity contribution is -0.119. The van der Waals surface area contributed by atoms with Gasteiger partial charge in [0.25, 0.3) is 0 Å². The van der Waals surface area contributed by atoms with Crippen LogP contribution >= 0.6 is 0 Å². The molecule has 2 aromatic rings. The Hall–Kier alpha value is -3.09. The van der Waals surface area contributed by atoms with E-state index in [1.807, 2.05) is 58.0 Å². The van der Waals surface area contributed by atoms with E-state index in [4.69, 9.17) is 0 Å². The van der Waals surface area contributed by atoms with E-state index >= 15 is 0 Å². The van der Waals surface area contributed by atoms with Crippen molar-refractivity contribution in [2.75, 3.05) is 24.3 Å². The Morgan fingerprint density at radius 1 is 1.00 bits per heavy atom. The molecule has 0 atom stereocenters. The maximum Gasteiger partial charge on any atom is 0.318 e. The van der Waals surface area contributed by atoms with E-state index in [0.29, 0.717) is 13.1 Å². The average molecular weight is 469 g/mol. The maximum atomic E-state index is 13.4. The molecule has 1 saturated carbocycles. The molecule has 1 aliphatic carbocycles. The highest BCUT2D eigenvalue weighted by Crippen LogP contribution is 2.29. The highest BCUT2D eigenvalue weighted by atomic mass is 19.1. The van der Waals surface area contributed by atoms with Crippen molar-refractivity contribution in [1.29, 1.82) is 0 Å². The number of rotatable bonds is 7. The second-order valence-electron chi connectivity index (χ2n) is 10.4. The summed E-state index contributed by atoms with van der Waals surface area (Å²) in [4.78, 5) is 29.6. The summed E-state index contributed by atoms with van der Waals surface area (Å²) in [7, 11) is 3.91. The van der Waals surface area contributed by atoms with E-state index in [9.17, 15) is 14.0 Å². The summed E-state index contributed by atoms with van der Waals surface area (Å²) in [5.41, 5.74) is 3.05. The van der Waals surface area contributed by atoms with Crippen molar-refractivity contribution in [2.45, 2.75) is 65.1 Å². The third-order valence-corrected chi connectivity index (χ3v) is 5.97.